The summed E-state index contributed by atoms with van der Waals surface area (Å²) in [7, 11) is 0. The van der Waals surface area contributed by atoms with E-state index in [1.807, 2.05) is 0 Å². The lowest BCUT2D eigenvalue weighted by Crippen LogP contribution is -2.31. The van der Waals surface area contributed by atoms with E-state index in [1.54, 1.807) is 13.0 Å². The molecule has 0 spiro atoms. The van der Waals surface area contributed by atoms with E-state index in [4.69, 9.17) is 10.5 Å². The van der Waals surface area contributed by atoms with Gasteiger partial charge in [-0.15, -0.1) is 0 Å². The van der Waals surface area contributed by atoms with Gasteiger partial charge in [0.2, 0.25) is 0 Å². The molecule has 4 heteroatoms. The minimum atomic E-state index is -0.313. The number of carbonyl (C=O) groups excluding carboxylic acids is 1. The molecule has 0 aliphatic carbocycles. The Labute approximate surface area is 95.1 Å². The normalized spacial score (nSPS) is 17.5. The summed E-state index contributed by atoms with van der Waals surface area (Å²) in [5.74, 6) is -0.247. The van der Waals surface area contributed by atoms with Crippen LogP contribution >= 0.6 is 0 Å². The van der Waals surface area contributed by atoms with Gasteiger partial charge < -0.3 is 15.4 Å². The van der Waals surface area contributed by atoms with Gasteiger partial charge in [0.05, 0.1) is 18.9 Å². The lowest BCUT2D eigenvalue weighted by molar-refractivity contribution is -0.126. The van der Waals surface area contributed by atoms with Gasteiger partial charge in [0.25, 0.3) is 5.91 Å². The van der Waals surface area contributed by atoms with Crippen molar-refractivity contribution in [1.82, 2.24) is 4.90 Å². The molecule has 4 nitrogen and oxygen atoms in total. The van der Waals surface area contributed by atoms with Crippen molar-refractivity contribution in [1.29, 1.82) is 5.41 Å². The molecule has 1 saturated heterocycles. The Morgan fingerprint density at radius 3 is 2.62 bits per heavy atom. The molecule has 1 rings (SSSR count). The summed E-state index contributed by atoms with van der Waals surface area (Å²) in [5.41, 5.74) is 2.03. The average Bonchev–Trinajstić information content (AvgIpc) is 2.59. The van der Waals surface area contributed by atoms with E-state index in [9.17, 15) is 4.79 Å². The topological polar surface area (TPSA) is 64.4 Å². The Balaban J connectivity index is 2.90. The fourth-order valence-electron chi connectivity index (χ4n) is 1.50. The molecule has 0 saturated carbocycles. The second-order valence-corrected chi connectivity index (χ2v) is 3.77. The maximum absolute atomic E-state index is 12.0. The number of aliphatic hydroxyl groups excluding tert-OH is 1. The molecular formula is C12H16N2O2. The summed E-state index contributed by atoms with van der Waals surface area (Å²) in [6.07, 6.45) is 1.54. The molecule has 16 heavy (non-hydrogen) atoms. The van der Waals surface area contributed by atoms with Crippen LogP contribution in [0.15, 0.2) is 36.0 Å². The van der Waals surface area contributed by atoms with Gasteiger partial charge in [-0.05, 0) is 18.1 Å². The molecule has 0 aromatic carbocycles. The summed E-state index contributed by atoms with van der Waals surface area (Å²) in [6.45, 7) is 9.32. The minimum absolute atomic E-state index is 0.247. The Morgan fingerprint density at radius 2 is 2.25 bits per heavy atom. The number of carbonyl (C=O) groups is 1. The number of nitrogens with one attached hydrogen (secondary N) is 1. The number of amides is 1. The molecule has 1 fully saturated rings. The van der Waals surface area contributed by atoms with Crippen LogP contribution in [0.1, 0.15) is 6.92 Å². The van der Waals surface area contributed by atoms with Gasteiger partial charge in [-0.2, -0.15) is 0 Å². The summed E-state index contributed by atoms with van der Waals surface area (Å²) in [5, 5.41) is 16.7. The minimum Gasteiger partial charge on any atom is -0.391 e. The first-order valence-electron chi connectivity index (χ1n) is 4.99. The zero-order valence-corrected chi connectivity index (χ0v) is 9.42. The maximum atomic E-state index is 12.0. The highest BCUT2D eigenvalue weighted by atomic mass is 16.3. The predicted molar refractivity (Wildman–Crippen MR) is 63.4 cm³/mol. The van der Waals surface area contributed by atoms with E-state index >= 15 is 0 Å². The first-order valence-corrected chi connectivity index (χ1v) is 4.99. The lowest BCUT2D eigenvalue weighted by atomic mass is 10.1. The van der Waals surface area contributed by atoms with Crippen LogP contribution in [0.2, 0.25) is 0 Å². The lowest BCUT2D eigenvalue weighted by Gasteiger charge is -2.16. The smallest absolute Gasteiger partial charge is 0.253 e. The van der Waals surface area contributed by atoms with E-state index in [0.29, 0.717) is 29.0 Å². The molecule has 1 amide bonds. The molecule has 0 bridgehead atoms. The van der Waals surface area contributed by atoms with Crippen LogP contribution in [0.5, 0.6) is 0 Å². The van der Waals surface area contributed by atoms with E-state index < -0.39 is 0 Å². The quantitative estimate of drug-likeness (QED) is 0.548. The predicted octanol–water partition coefficient (Wildman–Crippen LogP) is 0.899. The van der Waals surface area contributed by atoms with Crippen LogP contribution in [0.4, 0.5) is 0 Å². The van der Waals surface area contributed by atoms with Crippen molar-refractivity contribution in [3.8, 4) is 0 Å². The van der Waals surface area contributed by atoms with E-state index in [2.05, 4.69) is 13.2 Å². The first kappa shape index (κ1) is 12.4. The molecule has 0 atom stereocenters. The number of hydrogen-bond acceptors (Lipinski definition) is 3. The fraction of sp³-hybridized carbons (Fsp3) is 0.333. The summed E-state index contributed by atoms with van der Waals surface area (Å²) >= 11 is 0. The van der Waals surface area contributed by atoms with Gasteiger partial charge >= 0.3 is 0 Å². The van der Waals surface area contributed by atoms with Crippen LogP contribution in [-0.2, 0) is 4.79 Å². The van der Waals surface area contributed by atoms with Crippen molar-refractivity contribution in [3.63, 3.8) is 0 Å². The Kier molecular flexibility index (Phi) is 3.79. The molecule has 1 heterocycles. The number of rotatable bonds is 3. The summed E-state index contributed by atoms with van der Waals surface area (Å²) in [4.78, 5) is 13.5. The third kappa shape index (κ3) is 2.28. The Bertz CT molecular complexity index is 378. The van der Waals surface area contributed by atoms with Crippen LogP contribution < -0.4 is 0 Å². The van der Waals surface area contributed by atoms with E-state index in [0.717, 1.165) is 0 Å². The van der Waals surface area contributed by atoms with Gasteiger partial charge in [-0.25, -0.2) is 0 Å². The Morgan fingerprint density at radius 1 is 1.62 bits per heavy atom. The molecule has 1 aliphatic rings. The van der Waals surface area contributed by atoms with Crippen LogP contribution in [0.25, 0.3) is 0 Å². The molecular weight excluding hydrogens is 204 g/mol. The van der Waals surface area contributed by atoms with Crippen molar-refractivity contribution in [2.45, 2.75) is 6.92 Å². The zero-order chi connectivity index (χ0) is 12.3. The van der Waals surface area contributed by atoms with Crippen molar-refractivity contribution in [3.05, 3.63) is 36.0 Å². The number of aliphatic hydroxyl groups is 1. The number of allylic oxidation sites excluding steroid dienone is 2. The number of hydrogen-bond donors (Lipinski definition) is 2. The highest BCUT2D eigenvalue weighted by molar-refractivity contribution is 6.07. The third-order valence-corrected chi connectivity index (χ3v) is 2.64. The fourth-order valence-corrected chi connectivity index (χ4v) is 1.50. The zero-order valence-electron chi connectivity index (χ0n) is 9.42. The molecule has 0 aromatic heterocycles. The molecule has 1 aliphatic heterocycles. The molecule has 86 valence electrons. The Hall–Kier alpha value is -1.68. The molecule has 0 unspecified atom stereocenters. The van der Waals surface area contributed by atoms with E-state index in [-0.39, 0.29) is 19.1 Å². The highest BCUT2D eigenvalue weighted by Crippen LogP contribution is 2.15. The van der Waals surface area contributed by atoms with Crippen molar-refractivity contribution < 1.29 is 9.90 Å². The third-order valence-electron chi connectivity index (χ3n) is 2.64. The monoisotopic (exact) mass is 220 g/mol. The van der Waals surface area contributed by atoms with Crippen molar-refractivity contribution in [2.24, 2.45) is 0 Å². The van der Waals surface area contributed by atoms with Crippen LogP contribution in [-0.4, -0.2) is 41.3 Å². The van der Waals surface area contributed by atoms with Gasteiger partial charge in [-0.3, -0.25) is 4.79 Å². The first-order chi connectivity index (χ1) is 7.51. The van der Waals surface area contributed by atoms with Crippen LogP contribution in [0.3, 0.4) is 0 Å². The largest absolute Gasteiger partial charge is 0.391 e. The van der Waals surface area contributed by atoms with Gasteiger partial charge in [0, 0.05) is 12.1 Å². The number of likely N-dealkylation sites (tertiary alicyclic amines) is 1. The van der Waals surface area contributed by atoms with Crippen molar-refractivity contribution in [2.75, 3.05) is 19.7 Å². The van der Waals surface area contributed by atoms with Gasteiger partial charge in [-0.1, -0.05) is 19.2 Å². The van der Waals surface area contributed by atoms with Gasteiger partial charge in [0.15, 0.2) is 0 Å². The average molecular weight is 220 g/mol. The number of nitrogens with zero attached hydrogens (tertiary/aromatic N) is 1. The standard InChI is InChI=1S/C12H16N2O2/c1-4-8(2)10(7-15)12(16)14-5-9(3)11(13)6-14/h4,13,15H,1,3,5-7H2,2H3/b10-8-,13-11?. The summed E-state index contributed by atoms with van der Waals surface area (Å²) in [6, 6.07) is 0. The van der Waals surface area contributed by atoms with E-state index in [1.165, 1.54) is 4.90 Å². The molecule has 0 aromatic rings. The second-order valence-electron chi connectivity index (χ2n) is 3.77. The molecule has 0 radical (unpaired) electrons. The summed E-state index contributed by atoms with van der Waals surface area (Å²) < 4.78 is 0. The van der Waals surface area contributed by atoms with Crippen LogP contribution in [0, 0.1) is 5.41 Å². The van der Waals surface area contributed by atoms with Gasteiger partial charge in [0.1, 0.15) is 0 Å². The van der Waals surface area contributed by atoms with Crippen molar-refractivity contribution >= 4 is 11.6 Å². The molecule has 2 N–H and O–H groups in total. The SMILES string of the molecule is C=C/C(C)=C(/CO)C(=O)N1CC(=C)C(=N)C1. The maximum Gasteiger partial charge on any atom is 0.253 e. The second kappa shape index (κ2) is 4.90. The highest BCUT2D eigenvalue weighted by Gasteiger charge is 2.27.